The first kappa shape index (κ1) is 19.1. The van der Waals surface area contributed by atoms with Gasteiger partial charge in [-0.25, -0.2) is 13.1 Å². The van der Waals surface area contributed by atoms with Crippen LogP contribution in [-0.2, 0) is 23.0 Å². The van der Waals surface area contributed by atoms with Crippen molar-refractivity contribution in [2.24, 2.45) is 5.92 Å². The van der Waals surface area contributed by atoms with E-state index in [1.54, 1.807) is 32.3 Å². The number of nitrogens with zero attached hydrogens (tertiary/aromatic N) is 2. The van der Waals surface area contributed by atoms with Gasteiger partial charge < -0.3 is 9.42 Å². The molecule has 0 radical (unpaired) electrons. The average molecular weight is 365 g/mol. The predicted molar refractivity (Wildman–Crippen MR) is 93.5 cm³/mol. The maximum absolute atomic E-state index is 12.4. The molecule has 0 spiro atoms. The molecule has 8 heteroatoms. The van der Waals surface area contributed by atoms with E-state index in [4.69, 9.17) is 4.52 Å². The fourth-order valence-corrected chi connectivity index (χ4v) is 3.30. The van der Waals surface area contributed by atoms with Crippen molar-refractivity contribution in [3.8, 4) is 0 Å². The van der Waals surface area contributed by atoms with Crippen LogP contribution in [0.4, 0.5) is 0 Å². The Morgan fingerprint density at radius 1 is 1.28 bits per heavy atom. The molecule has 0 aliphatic heterocycles. The molecule has 0 aliphatic carbocycles. The average Bonchev–Trinajstić information content (AvgIpc) is 2.99. The number of nitrogens with one attached hydrogen (secondary N) is 1. The molecule has 2 aromatic rings. The lowest BCUT2D eigenvalue weighted by molar-refractivity contribution is 0.0827. The molecule has 1 aromatic heterocycles. The lowest BCUT2D eigenvalue weighted by Gasteiger charge is -2.11. The highest BCUT2D eigenvalue weighted by Gasteiger charge is 2.18. The van der Waals surface area contributed by atoms with E-state index in [1.807, 2.05) is 0 Å². The number of sulfonamides is 1. The van der Waals surface area contributed by atoms with Crippen molar-refractivity contribution in [1.82, 2.24) is 14.8 Å². The fourth-order valence-electron chi connectivity index (χ4n) is 2.26. The molecule has 0 unspecified atom stereocenters. The molecule has 0 bridgehead atoms. The monoisotopic (exact) mass is 365 g/mol. The van der Waals surface area contributed by atoms with Crippen LogP contribution in [-0.4, -0.2) is 38.5 Å². The Morgan fingerprint density at radius 2 is 2.00 bits per heavy atom. The summed E-state index contributed by atoms with van der Waals surface area (Å²) in [5.41, 5.74) is 1.11. The van der Waals surface area contributed by atoms with Crippen molar-refractivity contribution in [2.75, 3.05) is 14.1 Å². The summed E-state index contributed by atoms with van der Waals surface area (Å²) >= 11 is 0. The van der Waals surface area contributed by atoms with Crippen LogP contribution in [0, 0.1) is 5.92 Å². The zero-order chi connectivity index (χ0) is 18.6. The number of aromatic nitrogens is 1. The van der Waals surface area contributed by atoms with E-state index in [0.717, 1.165) is 12.1 Å². The molecule has 1 aromatic carbocycles. The Balaban J connectivity index is 2.10. The Bertz CT molecular complexity index is 841. The Hall–Kier alpha value is -2.19. The lowest BCUT2D eigenvalue weighted by atomic mass is 10.1. The van der Waals surface area contributed by atoms with Crippen molar-refractivity contribution in [3.63, 3.8) is 0 Å². The summed E-state index contributed by atoms with van der Waals surface area (Å²) in [5, 5.41) is 3.93. The Kier molecular flexibility index (Phi) is 5.97. The third kappa shape index (κ3) is 5.14. The van der Waals surface area contributed by atoms with Crippen molar-refractivity contribution in [1.29, 1.82) is 0 Å². The highest BCUT2D eigenvalue weighted by Crippen LogP contribution is 2.14. The largest absolute Gasteiger partial charge is 0.360 e. The van der Waals surface area contributed by atoms with Gasteiger partial charge in [0.2, 0.25) is 10.0 Å². The van der Waals surface area contributed by atoms with E-state index < -0.39 is 10.0 Å². The van der Waals surface area contributed by atoms with Crippen molar-refractivity contribution in [3.05, 3.63) is 47.3 Å². The van der Waals surface area contributed by atoms with Crippen LogP contribution in [0.3, 0.4) is 0 Å². The molecular weight excluding hydrogens is 342 g/mol. The molecule has 0 saturated heterocycles. The van der Waals surface area contributed by atoms with Gasteiger partial charge in [0, 0.05) is 25.7 Å². The molecule has 0 aliphatic rings. The number of carbonyl (C=O) groups excluding carboxylic acids is 1. The maximum atomic E-state index is 12.4. The van der Waals surface area contributed by atoms with Gasteiger partial charge in [-0.1, -0.05) is 25.1 Å². The first-order valence-electron chi connectivity index (χ1n) is 7.95. The van der Waals surface area contributed by atoms with Crippen LogP contribution >= 0.6 is 0 Å². The van der Waals surface area contributed by atoms with Crippen LogP contribution in [0.15, 0.2) is 39.8 Å². The lowest BCUT2D eigenvalue weighted by Crippen LogP contribution is -2.25. The number of benzene rings is 1. The van der Waals surface area contributed by atoms with E-state index in [9.17, 15) is 13.2 Å². The second-order valence-electron chi connectivity index (χ2n) is 6.43. The fraction of sp³-hybridized carbons (Fsp3) is 0.412. The smallest absolute Gasteiger partial charge is 0.253 e. The van der Waals surface area contributed by atoms with E-state index in [-0.39, 0.29) is 17.3 Å². The van der Waals surface area contributed by atoms with Crippen molar-refractivity contribution < 1.29 is 17.7 Å². The Morgan fingerprint density at radius 3 is 2.64 bits per heavy atom. The Labute approximate surface area is 148 Å². The molecule has 7 nitrogen and oxygen atoms in total. The molecule has 0 saturated carbocycles. The zero-order valence-corrected chi connectivity index (χ0v) is 15.6. The van der Waals surface area contributed by atoms with Crippen molar-refractivity contribution in [2.45, 2.75) is 31.7 Å². The third-order valence-corrected chi connectivity index (χ3v) is 4.86. The van der Waals surface area contributed by atoms with Gasteiger partial charge in [0.1, 0.15) is 0 Å². The molecule has 136 valence electrons. The third-order valence-electron chi connectivity index (χ3n) is 3.46. The number of rotatable bonds is 7. The first-order chi connectivity index (χ1) is 11.7. The standard InChI is InChI=1S/C17H23N3O4S/c1-12(2)8-14-10-15(24-19-14)11-18-25(22,23)16-7-5-6-13(9-16)17(21)20(3)4/h5-7,9-10,12,18H,8,11H2,1-4H3. The van der Waals surface area contributed by atoms with Crippen LogP contribution in [0.25, 0.3) is 0 Å². The van der Waals surface area contributed by atoms with Gasteiger partial charge in [-0.05, 0) is 30.5 Å². The molecule has 1 N–H and O–H groups in total. The van der Waals surface area contributed by atoms with Gasteiger partial charge >= 0.3 is 0 Å². The maximum Gasteiger partial charge on any atom is 0.253 e. The van der Waals surface area contributed by atoms with Gasteiger partial charge in [0.15, 0.2) is 5.76 Å². The second kappa shape index (κ2) is 7.79. The molecule has 25 heavy (non-hydrogen) atoms. The van der Waals surface area contributed by atoms with Gasteiger partial charge in [-0.3, -0.25) is 4.79 Å². The van der Waals surface area contributed by atoms with Gasteiger partial charge in [0.05, 0.1) is 17.1 Å². The minimum atomic E-state index is -3.76. The van der Waals surface area contributed by atoms with Gasteiger partial charge in [-0.15, -0.1) is 0 Å². The highest BCUT2D eigenvalue weighted by atomic mass is 32.2. The van der Waals surface area contributed by atoms with Crippen LogP contribution in [0.5, 0.6) is 0 Å². The van der Waals surface area contributed by atoms with Crippen molar-refractivity contribution >= 4 is 15.9 Å². The van der Waals surface area contributed by atoms with E-state index in [2.05, 4.69) is 23.7 Å². The number of amides is 1. The molecule has 1 amide bonds. The first-order valence-corrected chi connectivity index (χ1v) is 9.43. The predicted octanol–water partition coefficient (Wildman–Crippen LogP) is 2.05. The zero-order valence-electron chi connectivity index (χ0n) is 14.8. The topological polar surface area (TPSA) is 92.5 Å². The molecule has 2 rings (SSSR count). The number of hydrogen-bond acceptors (Lipinski definition) is 5. The van der Waals surface area contributed by atoms with Crippen LogP contribution < -0.4 is 4.72 Å². The summed E-state index contributed by atoms with van der Waals surface area (Å²) in [4.78, 5) is 13.4. The summed E-state index contributed by atoms with van der Waals surface area (Å²) in [6.45, 7) is 4.14. The van der Waals surface area contributed by atoms with E-state index >= 15 is 0 Å². The minimum absolute atomic E-state index is 0.000711. The molecular formula is C17H23N3O4S. The summed E-state index contributed by atoms with van der Waals surface area (Å²) in [5.74, 6) is 0.622. The minimum Gasteiger partial charge on any atom is -0.360 e. The second-order valence-corrected chi connectivity index (χ2v) is 8.20. The van der Waals surface area contributed by atoms with E-state index in [0.29, 0.717) is 17.2 Å². The molecule has 0 fully saturated rings. The summed E-state index contributed by atoms with van der Waals surface area (Å²) in [6.07, 6.45) is 0.769. The number of hydrogen-bond donors (Lipinski definition) is 1. The molecule has 1 heterocycles. The SMILES string of the molecule is CC(C)Cc1cc(CNS(=O)(=O)c2cccc(C(=O)N(C)C)c2)on1. The van der Waals surface area contributed by atoms with Crippen LogP contribution in [0.1, 0.15) is 35.7 Å². The van der Waals surface area contributed by atoms with Gasteiger partial charge in [0.25, 0.3) is 5.91 Å². The summed E-state index contributed by atoms with van der Waals surface area (Å²) < 4.78 is 32.5. The van der Waals surface area contributed by atoms with E-state index in [1.165, 1.54) is 17.0 Å². The van der Waals surface area contributed by atoms with Crippen LogP contribution in [0.2, 0.25) is 0 Å². The quantitative estimate of drug-likeness (QED) is 0.811. The summed E-state index contributed by atoms with van der Waals surface area (Å²) in [7, 11) is -0.539. The number of carbonyl (C=O) groups is 1. The van der Waals surface area contributed by atoms with Gasteiger partial charge in [-0.2, -0.15) is 0 Å². The highest BCUT2D eigenvalue weighted by molar-refractivity contribution is 7.89. The summed E-state index contributed by atoms with van der Waals surface area (Å²) in [6, 6.07) is 7.67. The normalized spacial score (nSPS) is 11.7. The molecule has 0 atom stereocenters.